The largest absolute Gasteiger partial charge is 0.456 e. The van der Waals surface area contributed by atoms with Crippen LogP contribution in [0, 0.1) is 22.7 Å². The van der Waals surface area contributed by atoms with E-state index in [9.17, 15) is 23.4 Å². The summed E-state index contributed by atoms with van der Waals surface area (Å²) in [6, 6.07) is 11.4. The van der Waals surface area contributed by atoms with Gasteiger partial charge in [0.1, 0.15) is 5.60 Å². The lowest BCUT2D eigenvalue weighted by Crippen LogP contribution is -2.65. The molecule has 4 aliphatic carbocycles. The monoisotopic (exact) mass is 673 g/mol. The van der Waals surface area contributed by atoms with Gasteiger partial charge in [0.2, 0.25) is 0 Å². The molecule has 6 atom stereocenters. The number of aliphatic hydroxyl groups is 2. The minimum atomic E-state index is -5.89. The van der Waals surface area contributed by atoms with Crippen molar-refractivity contribution in [2.45, 2.75) is 107 Å². The molecule has 0 bridgehead atoms. The number of rotatable bonds is 4. The molecule has 7 rings (SSSR count). The average molecular weight is 674 g/mol. The van der Waals surface area contributed by atoms with Gasteiger partial charge in [-0.2, -0.15) is 22.0 Å². The van der Waals surface area contributed by atoms with Crippen LogP contribution < -0.4 is 0 Å². The van der Waals surface area contributed by atoms with Crippen LogP contribution in [0.1, 0.15) is 94.7 Å². The van der Waals surface area contributed by atoms with Gasteiger partial charge in [-0.25, -0.2) is 0 Å². The van der Waals surface area contributed by atoms with Gasteiger partial charge in [0, 0.05) is 42.0 Å². The second-order valence-corrected chi connectivity index (χ2v) is 16.0. The first-order valence-corrected chi connectivity index (χ1v) is 17.0. The van der Waals surface area contributed by atoms with Gasteiger partial charge in [-0.15, -0.1) is 0 Å². The summed E-state index contributed by atoms with van der Waals surface area (Å²) < 4.78 is 85.2. The summed E-state index contributed by atoms with van der Waals surface area (Å²) in [4.78, 5) is 4.03. The summed E-state index contributed by atoms with van der Waals surface area (Å²) in [5.41, 5.74) is -1.99. The van der Waals surface area contributed by atoms with Crippen molar-refractivity contribution in [3.63, 3.8) is 0 Å². The first-order chi connectivity index (χ1) is 22.4. The minimum Gasteiger partial charge on any atom is -0.385 e. The molecule has 3 saturated carbocycles. The Balaban J connectivity index is 1.30. The van der Waals surface area contributed by atoms with Gasteiger partial charge in [-0.1, -0.05) is 62.8 Å². The van der Waals surface area contributed by atoms with Crippen molar-refractivity contribution in [3.05, 3.63) is 76.6 Å². The first kappa shape index (κ1) is 33.8. The average Bonchev–Trinajstić information content (AvgIpc) is 3.32. The van der Waals surface area contributed by atoms with Gasteiger partial charge in [0.25, 0.3) is 0 Å². The Morgan fingerprint density at radius 3 is 2.08 bits per heavy atom. The van der Waals surface area contributed by atoms with Crippen molar-refractivity contribution in [1.82, 2.24) is 4.98 Å². The summed E-state index contributed by atoms with van der Waals surface area (Å²) >= 11 is 0. The van der Waals surface area contributed by atoms with Crippen LogP contribution in [0.4, 0.5) is 22.0 Å². The quantitative estimate of drug-likeness (QED) is 0.252. The Hall–Kier alpha value is -2.66. The molecule has 2 heterocycles. The van der Waals surface area contributed by atoms with E-state index in [-0.39, 0.29) is 30.6 Å². The SMILES string of the molecule is CC1(C)COC2(CCC3=C4[C@@H](CC[C@@]3(O)C2)[C@@H]2CC[C@@](O)(C(F)(F)C(F)(F)F)[C@@]2(C)C[C@@H]4c2ccc(C=Cc3ccncc3)cc2)OC1. The van der Waals surface area contributed by atoms with Crippen LogP contribution in [0.5, 0.6) is 0 Å². The molecule has 0 unspecified atom stereocenters. The molecule has 48 heavy (non-hydrogen) atoms. The summed E-state index contributed by atoms with van der Waals surface area (Å²) in [5, 5.41) is 24.0. The predicted octanol–water partition coefficient (Wildman–Crippen LogP) is 8.48. The maximum absolute atomic E-state index is 15.4. The van der Waals surface area contributed by atoms with E-state index in [4.69, 9.17) is 9.47 Å². The van der Waals surface area contributed by atoms with E-state index in [2.05, 4.69) is 18.8 Å². The second kappa shape index (κ2) is 11.2. The summed E-state index contributed by atoms with van der Waals surface area (Å²) in [6.07, 6.45) is 2.65. The smallest absolute Gasteiger partial charge is 0.385 e. The highest BCUT2D eigenvalue weighted by molar-refractivity contribution is 5.69. The number of allylic oxidation sites excluding steroid dienone is 1. The number of fused-ring (bicyclic) bond motifs is 4. The van der Waals surface area contributed by atoms with Crippen LogP contribution in [-0.2, 0) is 9.47 Å². The van der Waals surface area contributed by atoms with E-state index < -0.39 is 52.8 Å². The highest BCUT2D eigenvalue weighted by Crippen LogP contribution is 2.71. The number of halogens is 5. The standard InChI is InChI=1S/C38H44F5NO4/c1-32(2)22-47-35(48-23-32)16-11-30-31-27(10-15-34(30,45)21-35)29-12-17-36(46,37(39,40)38(41,42)43)33(29,3)20-28(31)26-8-6-24(7-9-26)4-5-25-13-18-44-19-14-25/h4-9,13-14,18-19,27-29,45-46H,10-12,15-17,20-23H2,1-3H3/t27-,28+,29-,33-,34+,36-/m0/s1. The number of hydrogen-bond donors (Lipinski definition) is 2. The normalized spacial score (nSPS) is 36.2. The first-order valence-electron chi connectivity index (χ1n) is 17.0. The molecule has 4 fully saturated rings. The van der Waals surface area contributed by atoms with Crippen molar-refractivity contribution >= 4 is 12.2 Å². The van der Waals surface area contributed by atoms with Crippen LogP contribution in [0.3, 0.4) is 0 Å². The van der Waals surface area contributed by atoms with E-state index in [1.54, 1.807) is 12.4 Å². The lowest BCUT2D eigenvalue weighted by molar-refractivity contribution is -0.362. The van der Waals surface area contributed by atoms with Crippen LogP contribution in [0.25, 0.3) is 12.2 Å². The Morgan fingerprint density at radius 1 is 0.833 bits per heavy atom. The third-order valence-electron chi connectivity index (χ3n) is 12.4. The highest BCUT2D eigenvalue weighted by atomic mass is 19.4. The molecule has 1 spiro atoms. The fourth-order valence-corrected chi connectivity index (χ4v) is 9.81. The third kappa shape index (κ3) is 5.19. The fraction of sp³-hybridized carbons (Fsp3) is 0.605. The summed E-state index contributed by atoms with van der Waals surface area (Å²) in [6.45, 7) is 6.55. The van der Waals surface area contributed by atoms with Crippen molar-refractivity contribution in [2.24, 2.45) is 22.7 Å². The maximum Gasteiger partial charge on any atom is 0.456 e. The molecule has 1 aromatic carbocycles. The molecular weight excluding hydrogens is 629 g/mol. The molecule has 5 aliphatic rings. The molecule has 0 amide bonds. The van der Waals surface area contributed by atoms with E-state index in [0.29, 0.717) is 38.9 Å². The number of hydrogen-bond acceptors (Lipinski definition) is 5. The number of benzene rings is 1. The van der Waals surface area contributed by atoms with Gasteiger partial charge >= 0.3 is 12.1 Å². The number of alkyl halides is 5. The zero-order chi connectivity index (χ0) is 34.4. The Labute approximate surface area is 278 Å². The summed E-state index contributed by atoms with van der Waals surface area (Å²) in [7, 11) is 0. The number of pyridine rings is 1. The van der Waals surface area contributed by atoms with Gasteiger partial charge in [-0.05, 0) is 84.8 Å². The van der Waals surface area contributed by atoms with Crippen molar-refractivity contribution < 1.29 is 41.6 Å². The highest BCUT2D eigenvalue weighted by Gasteiger charge is 2.79. The number of aromatic nitrogens is 1. The second-order valence-electron chi connectivity index (χ2n) is 16.0. The maximum atomic E-state index is 15.4. The predicted molar refractivity (Wildman–Crippen MR) is 171 cm³/mol. The molecular formula is C38H44F5NO4. The van der Waals surface area contributed by atoms with E-state index in [1.165, 1.54) is 6.92 Å². The van der Waals surface area contributed by atoms with Crippen LogP contribution in [-0.4, -0.2) is 57.5 Å². The molecule has 0 radical (unpaired) electrons. The van der Waals surface area contributed by atoms with Gasteiger partial charge < -0.3 is 19.7 Å². The molecule has 5 nitrogen and oxygen atoms in total. The molecule has 260 valence electrons. The minimum absolute atomic E-state index is 0.0508. The summed E-state index contributed by atoms with van der Waals surface area (Å²) in [5.74, 6) is -7.72. The van der Waals surface area contributed by atoms with E-state index >= 15 is 8.78 Å². The van der Waals surface area contributed by atoms with Crippen molar-refractivity contribution in [1.29, 1.82) is 0 Å². The molecule has 1 saturated heterocycles. The zero-order valence-corrected chi connectivity index (χ0v) is 27.6. The lowest BCUT2D eigenvalue weighted by Gasteiger charge is -2.59. The van der Waals surface area contributed by atoms with Crippen LogP contribution >= 0.6 is 0 Å². The van der Waals surface area contributed by atoms with Crippen LogP contribution in [0.15, 0.2) is 59.9 Å². The van der Waals surface area contributed by atoms with Gasteiger partial charge in [0.05, 0.1) is 18.8 Å². The van der Waals surface area contributed by atoms with Crippen LogP contribution in [0.2, 0.25) is 0 Å². The molecule has 10 heteroatoms. The Morgan fingerprint density at radius 2 is 1.46 bits per heavy atom. The zero-order valence-electron chi connectivity index (χ0n) is 27.6. The third-order valence-corrected chi connectivity index (χ3v) is 12.4. The lowest BCUT2D eigenvalue weighted by atomic mass is 9.49. The van der Waals surface area contributed by atoms with E-state index in [1.807, 2.05) is 48.6 Å². The van der Waals surface area contributed by atoms with Gasteiger partial charge in [0.15, 0.2) is 5.79 Å². The molecule has 1 aromatic heterocycles. The Bertz CT molecular complexity index is 1590. The number of nitrogens with zero attached hydrogens (tertiary/aromatic N) is 1. The topological polar surface area (TPSA) is 71.8 Å². The molecule has 2 aromatic rings. The van der Waals surface area contributed by atoms with E-state index in [0.717, 1.165) is 27.8 Å². The van der Waals surface area contributed by atoms with Crippen molar-refractivity contribution in [3.8, 4) is 0 Å². The fourth-order valence-electron chi connectivity index (χ4n) is 9.81. The van der Waals surface area contributed by atoms with Crippen molar-refractivity contribution in [2.75, 3.05) is 13.2 Å². The number of ether oxygens (including phenoxy) is 2. The molecule has 2 N–H and O–H groups in total. The molecule has 1 aliphatic heterocycles. The Kier molecular flexibility index (Phi) is 7.87. The van der Waals surface area contributed by atoms with Gasteiger partial charge in [-0.3, -0.25) is 4.98 Å².